The molecule has 0 aliphatic rings. The van der Waals surface area contributed by atoms with Gasteiger partial charge in [-0.2, -0.15) is 26.3 Å². The van der Waals surface area contributed by atoms with Gasteiger partial charge in [-0.05, 0) is 41.8 Å². The van der Waals surface area contributed by atoms with E-state index in [1.807, 2.05) is 0 Å². The number of halogens is 7. The van der Waals surface area contributed by atoms with Gasteiger partial charge in [0.1, 0.15) is 42.5 Å². The fourth-order valence-corrected chi connectivity index (χ4v) is 3.76. The predicted molar refractivity (Wildman–Crippen MR) is 132 cm³/mol. The van der Waals surface area contributed by atoms with Crippen LogP contribution in [0.25, 0.3) is 11.3 Å². The molecule has 0 spiro atoms. The van der Waals surface area contributed by atoms with Gasteiger partial charge in [0.25, 0.3) is 0 Å². The minimum absolute atomic E-state index is 0.0140. The number of rotatable bonds is 10. The minimum atomic E-state index is -4.53. The van der Waals surface area contributed by atoms with Crippen molar-refractivity contribution in [2.24, 2.45) is 0 Å². The standard InChI is InChI=1S/C25H18F7N5O2S/c26-19-4-5-21(38-11-15-2-1-3-18(6-15)25(30,31)32)36-22(19)17-7-20(37-40-13-24(27,28)29)23(35-10-17)39-12-16-8-33-14-34-9-16/h1-10,14,37H,11-13H2. The molecule has 4 aromatic rings. The van der Waals surface area contributed by atoms with Gasteiger partial charge < -0.3 is 14.2 Å². The molecule has 1 N–H and O–H groups in total. The molecular formula is C25H18F7N5O2S. The molecule has 3 heterocycles. The Morgan fingerprint density at radius 3 is 2.33 bits per heavy atom. The van der Waals surface area contributed by atoms with Crippen LogP contribution in [0.15, 0.2) is 67.4 Å². The number of nitrogens with one attached hydrogen (secondary N) is 1. The third kappa shape index (κ3) is 8.18. The maximum atomic E-state index is 14.7. The van der Waals surface area contributed by atoms with Crippen LogP contribution in [-0.4, -0.2) is 31.9 Å². The lowest BCUT2D eigenvalue weighted by Crippen LogP contribution is -2.12. The zero-order valence-electron chi connectivity index (χ0n) is 20.1. The van der Waals surface area contributed by atoms with Gasteiger partial charge in [-0.3, -0.25) is 0 Å². The molecule has 1 aromatic carbocycles. The summed E-state index contributed by atoms with van der Waals surface area (Å²) in [5.74, 6) is -2.19. The van der Waals surface area contributed by atoms with E-state index in [9.17, 15) is 30.7 Å². The molecule has 7 nitrogen and oxygen atoms in total. The van der Waals surface area contributed by atoms with Crippen LogP contribution >= 0.6 is 11.9 Å². The van der Waals surface area contributed by atoms with Gasteiger partial charge in [-0.25, -0.2) is 24.3 Å². The number of pyridine rings is 2. The first-order chi connectivity index (χ1) is 19.0. The van der Waals surface area contributed by atoms with E-state index in [4.69, 9.17) is 9.47 Å². The summed E-state index contributed by atoms with van der Waals surface area (Å²) in [6.07, 6.45) is -3.49. The first kappa shape index (κ1) is 28.9. The molecule has 3 aromatic heterocycles. The Morgan fingerprint density at radius 2 is 1.60 bits per heavy atom. The highest BCUT2D eigenvalue weighted by molar-refractivity contribution is 8.00. The summed E-state index contributed by atoms with van der Waals surface area (Å²) < 4.78 is 105. The smallest absolute Gasteiger partial charge is 0.416 e. The number of ether oxygens (including phenoxy) is 2. The van der Waals surface area contributed by atoms with Crippen molar-refractivity contribution >= 4 is 17.6 Å². The summed E-state index contributed by atoms with van der Waals surface area (Å²) in [6, 6.07) is 8.04. The summed E-state index contributed by atoms with van der Waals surface area (Å²) in [5.41, 5.74) is -0.227. The lowest BCUT2D eigenvalue weighted by molar-refractivity contribution is -0.137. The van der Waals surface area contributed by atoms with Gasteiger partial charge in [0.15, 0.2) is 0 Å². The van der Waals surface area contributed by atoms with Crippen molar-refractivity contribution < 1.29 is 40.2 Å². The third-order valence-corrected chi connectivity index (χ3v) is 5.83. The topological polar surface area (TPSA) is 82.1 Å². The van der Waals surface area contributed by atoms with Gasteiger partial charge in [-0.15, -0.1) is 0 Å². The van der Waals surface area contributed by atoms with E-state index in [1.165, 1.54) is 49.2 Å². The molecule has 0 saturated heterocycles. The van der Waals surface area contributed by atoms with E-state index in [-0.39, 0.29) is 47.5 Å². The molecule has 0 atom stereocenters. The number of hydrogen-bond donors (Lipinski definition) is 1. The van der Waals surface area contributed by atoms with E-state index in [2.05, 4.69) is 24.7 Å². The maximum Gasteiger partial charge on any atom is 0.416 e. The lowest BCUT2D eigenvalue weighted by atomic mass is 10.1. The Kier molecular flexibility index (Phi) is 8.92. The highest BCUT2D eigenvalue weighted by Crippen LogP contribution is 2.33. The fourth-order valence-electron chi connectivity index (χ4n) is 3.22. The van der Waals surface area contributed by atoms with Crippen molar-refractivity contribution in [1.82, 2.24) is 19.9 Å². The number of anilines is 1. The van der Waals surface area contributed by atoms with Crippen LogP contribution in [-0.2, 0) is 19.4 Å². The van der Waals surface area contributed by atoms with Crippen LogP contribution in [0.3, 0.4) is 0 Å². The van der Waals surface area contributed by atoms with Crippen molar-refractivity contribution in [3.8, 4) is 23.0 Å². The number of benzene rings is 1. The molecule has 210 valence electrons. The minimum Gasteiger partial charge on any atom is -0.473 e. The highest BCUT2D eigenvalue weighted by atomic mass is 32.2. The molecule has 0 bridgehead atoms. The number of nitrogens with zero attached hydrogens (tertiary/aromatic N) is 4. The first-order valence-corrected chi connectivity index (χ1v) is 12.2. The van der Waals surface area contributed by atoms with Crippen molar-refractivity contribution in [3.63, 3.8) is 0 Å². The number of aromatic nitrogens is 4. The Labute approximate surface area is 227 Å². The van der Waals surface area contributed by atoms with Crippen molar-refractivity contribution in [2.75, 3.05) is 10.5 Å². The van der Waals surface area contributed by atoms with Crippen LogP contribution in [0.4, 0.5) is 36.4 Å². The first-order valence-electron chi connectivity index (χ1n) is 11.2. The van der Waals surface area contributed by atoms with E-state index >= 15 is 0 Å². The van der Waals surface area contributed by atoms with E-state index < -0.39 is 29.5 Å². The molecule has 0 amide bonds. The Morgan fingerprint density at radius 1 is 0.850 bits per heavy atom. The van der Waals surface area contributed by atoms with Crippen LogP contribution in [0.5, 0.6) is 11.8 Å². The van der Waals surface area contributed by atoms with Gasteiger partial charge in [0.2, 0.25) is 11.8 Å². The maximum absolute atomic E-state index is 14.7. The normalized spacial score (nSPS) is 11.8. The van der Waals surface area contributed by atoms with Gasteiger partial charge in [0, 0.05) is 35.8 Å². The average molecular weight is 586 g/mol. The molecule has 0 aliphatic carbocycles. The van der Waals surface area contributed by atoms with Gasteiger partial charge >= 0.3 is 12.4 Å². The largest absolute Gasteiger partial charge is 0.473 e. The number of hydrogen-bond acceptors (Lipinski definition) is 8. The third-order valence-electron chi connectivity index (χ3n) is 4.99. The zero-order chi connectivity index (χ0) is 28.8. The summed E-state index contributed by atoms with van der Waals surface area (Å²) >= 11 is 0.330. The van der Waals surface area contributed by atoms with E-state index in [1.54, 1.807) is 0 Å². The molecular weight excluding hydrogens is 567 g/mol. The van der Waals surface area contributed by atoms with Gasteiger partial charge in [0.05, 0.1) is 5.56 Å². The van der Waals surface area contributed by atoms with Crippen molar-refractivity contribution in [3.05, 3.63) is 89.9 Å². The second-order valence-corrected chi connectivity index (χ2v) is 8.87. The van der Waals surface area contributed by atoms with Gasteiger partial charge in [-0.1, -0.05) is 12.1 Å². The second-order valence-electron chi connectivity index (χ2n) is 8.08. The lowest BCUT2D eigenvalue weighted by Gasteiger charge is -2.14. The zero-order valence-corrected chi connectivity index (χ0v) is 20.9. The fraction of sp³-hybridized carbons (Fsp3) is 0.200. The highest BCUT2D eigenvalue weighted by Gasteiger charge is 2.30. The second kappa shape index (κ2) is 12.4. The van der Waals surface area contributed by atoms with E-state index in [0.29, 0.717) is 17.5 Å². The average Bonchev–Trinajstić information content (AvgIpc) is 2.91. The molecule has 0 unspecified atom stereocenters. The number of alkyl halides is 6. The molecule has 0 radical (unpaired) electrons. The quantitative estimate of drug-likeness (QED) is 0.160. The van der Waals surface area contributed by atoms with E-state index in [0.717, 1.165) is 18.2 Å². The summed E-state index contributed by atoms with van der Waals surface area (Å²) in [4.78, 5) is 15.9. The summed E-state index contributed by atoms with van der Waals surface area (Å²) in [7, 11) is 0. The molecule has 0 aliphatic heterocycles. The van der Waals surface area contributed by atoms with Crippen LogP contribution < -0.4 is 14.2 Å². The Balaban J connectivity index is 1.55. The molecule has 40 heavy (non-hydrogen) atoms. The predicted octanol–water partition coefficient (Wildman–Crippen LogP) is 6.87. The van der Waals surface area contributed by atoms with Crippen LogP contribution in [0.1, 0.15) is 16.7 Å². The summed E-state index contributed by atoms with van der Waals surface area (Å²) in [5, 5.41) is 0. The molecule has 4 rings (SSSR count). The Bertz CT molecular complexity index is 1440. The van der Waals surface area contributed by atoms with Crippen molar-refractivity contribution in [1.29, 1.82) is 0 Å². The molecule has 15 heteroatoms. The molecule has 0 saturated carbocycles. The summed E-state index contributed by atoms with van der Waals surface area (Å²) in [6.45, 7) is -0.325. The van der Waals surface area contributed by atoms with Crippen LogP contribution in [0, 0.1) is 5.82 Å². The van der Waals surface area contributed by atoms with Crippen molar-refractivity contribution in [2.45, 2.75) is 25.6 Å². The van der Waals surface area contributed by atoms with Crippen LogP contribution in [0.2, 0.25) is 0 Å². The SMILES string of the molecule is Fc1ccc(OCc2cccc(C(F)(F)F)c2)nc1-c1cnc(OCc2cncnc2)c(NSCC(F)(F)F)c1. The Hall–Kier alpha value is -4.14. The molecule has 0 fully saturated rings. The monoisotopic (exact) mass is 585 g/mol.